The van der Waals surface area contributed by atoms with Gasteiger partial charge < -0.3 is 5.73 Å². The average molecular weight is 300 g/mol. The summed E-state index contributed by atoms with van der Waals surface area (Å²) in [5.74, 6) is 0. The number of likely N-dealkylation sites (N-methyl/N-ethyl adjacent to an activating group) is 1. The Balaban J connectivity index is 0. The van der Waals surface area contributed by atoms with Gasteiger partial charge in [-0.1, -0.05) is 30.7 Å². The van der Waals surface area contributed by atoms with Gasteiger partial charge in [0.1, 0.15) is 0 Å². The van der Waals surface area contributed by atoms with Gasteiger partial charge in [0.25, 0.3) is 0 Å². The number of benzene rings is 1. The van der Waals surface area contributed by atoms with E-state index in [0.717, 1.165) is 18.1 Å². The minimum absolute atomic E-state index is 0. The highest BCUT2D eigenvalue weighted by atomic mass is 35.5. The van der Waals surface area contributed by atoms with Crippen LogP contribution in [0.2, 0.25) is 5.02 Å². The van der Waals surface area contributed by atoms with E-state index in [2.05, 4.69) is 24.8 Å². The third kappa shape index (κ3) is 5.94. The zero-order valence-electron chi connectivity index (χ0n) is 10.2. The maximum absolute atomic E-state index is 5.97. The smallest absolute Gasteiger partial charge is 0.0409 e. The fourth-order valence-corrected chi connectivity index (χ4v) is 1.97. The molecule has 0 aromatic heterocycles. The fourth-order valence-electron chi connectivity index (χ4n) is 1.77. The van der Waals surface area contributed by atoms with Gasteiger partial charge in [0, 0.05) is 24.2 Å². The molecule has 17 heavy (non-hydrogen) atoms. The first-order valence-corrected chi connectivity index (χ1v) is 5.76. The van der Waals surface area contributed by atoms with Crippen molar-refractivity contribution in [3.63, 3.8) is 0 Å². The molecule has 0 aliphatic heterocycles. The Morgan fingerprint density at radius 3 is 2.47 bits per heavy atom. The Bertz CT molecular complexity index is 308. The molecule has 0 saturated carbocycles. The molecule has 0 amide bonds. The first kappa shape index (κ1) is 19.4. The number of nitrogens with zero attached hydrogens (tertiary/aromatic N) is 1. The third-order valence-corrected chi connectivity index (χ3v) is 2.94. The molecule has 1 aromatic carbocycles. The number of hydrogen-bond donors (Lipinski definition) is 1. The molecule has 0 aliphatic rings. The Morgan fingerprint density at radius 2 is 2.00 bits per heavy atom. The van der Waals surface area contributed by atoms with Crippen LogP contribution in [0.1, 0.15) is 25.5 Å². The molecule has 1 aromatic rings. The number of hydrogen-bond acceptors (Lipinski definition) is 2. The Kier molecular flexibility index (Phi) is 11.4. The summed E-state index contributed by atoms with van der Waals surface area (Å²) in [6, 6.07) is 8.39. The predicted molar refractivity (Wildman–Crippen MR) is 80.7 cm³/mol. The van der Waals surface area contributed by atoms with E-state index in [0.29, 0.717) is 12.6 Å². The summed E-state index contributed by atoms with van der Waals surface area (Å²) < 4.78 is 0. The van der Waals surface area contributed by atoms with Crippen LogP contribution in [-0.2, 0) is 0 Å². The predicted octanol–water partition coefficient (Wildman–Crippen LogP) is 3.53. The van der Waals surface area contributed by atoms with Crippen molar-refractivity contribution in [2.24, 2.45) is 5.73 Å². The summed E-state index contributed by atoms with van der Waals surface area (Å²) >= 11 is 5.97. The summed E-state index contributed by atoms with van der Waals surface area (Å²) in [5.41, 5.74) is 6.83. The van der Waals surface area contributed by atoms with E-state index in [1.807, 2.05) is 18.2 Å². The molecule has 5 heteroatoms. The normalized spacial score (nSPS) is 11.6. The molecule has 0 spiro atoms. The van der Waals surface area contributed by atoms with E-state index in [1.165, 1.54) is 5.56 Å². The maximum atomic E-state index is 5.97. The van der Waals surface area contributed by atoms with E-state index < -0.39 is 0 Å². The second-order valence-electron chi connectivity index (χ2n) is 3.65. The standard InChI is InChI=1S/C12H19ClN2.2ClH/c1-3-15(8-7-14)10(2)11-5-4-6-12(13)9-11;;/h4-6,9-10H,3,7-8,14H2,1-2H3;2*1H/t10-;;/m1../s1. The SMILES string of the molecule is CCN(CCN)[C@H](C)c1cccc(Cl)c1.Cl.Cl. The minimum atomic E-state index is 0. The van der Waals surface area contributed by atoms with E-state index in [9.17, 15) is 0 Å². The van der Waals surface area contributed by atoms with Crippen molar-refractivity contribution in [3.05, 3.63) is 34.9 Å². The van der Waals surface area contributed by atoms with E-state index in [1.54, 1.807) is 0 Å². The molecule has 0 radical (unpaired) electrons. The van der Waals surface area contributed by atoms with Crippen molar-refractivity contribution < 1.29 is 0 Å². The number of nitrogens with two attached hydrogens (primary N) is 1. The van der Waals surface area contributed by atoms with Crippen LogP contribution in [0, 0.1) is 0 Å². The van der Waals surface area contributed by atoms with Crippen LogP contribution in [0.3, 0.4) is 0 Å². The van der Waals surface area contributed by atoms with Gasteiger partial charge >= 0.3 is 0 Å². The molecule has 1 atom stereocenters. The van der Waals surface area contributed by atoms with Crippen LogP contribution in [0.5, 0.6) is 0 Å². The molecule has 0 heterocycles. The highest BCUT2D eigenvalue weighted by Crippen LogP contribution is 2.22. The maximum Gasteiger partial charge on any atom is 0.0409 e. The Labute approximate surface area is 121 Å². The lowest BCUT2D eigenvalue weighted by molar-refractivity contribution is 0.228. The molecule has 1 rings (SSSR count). The van der Waals surface area contributed by atoms with Crippen LogP contribution < -0.4 is 5.73 Å². The van der Waals surface area contributed by atoms with Crippen molar-refractivity contribution in [1.29, 1.82) is 0 Å². The summed E-state index contributed by atoms with van der Waals surface area (Å²) in [5, 5.41) is 0.795. The van der Waals surface area contributed by atoms with Crippen LogP contribution in [0.4, 0.5) is 0 Å². The Morgan fingerprint density at radius 1 is 1.35 bits per heavy atom. The van der Waals surface area contributed by atoms with Gasteiger partial charge in [0.15, 0.2) is 0 Å². The highest BCUT2D eigenvalue weighted by molar-refractivity contribution is 6.30. The van der Waals surface area contributed by atoms with Crippen LogP contribution >= 0.6 is 36.4 Å². The lowest BCUT2D eigenvalue weighted by Crippen LogP contribution is -2.31. The lowest BCUT2D eigenvalue weighted by Gasteiger charge is -2.27. The molecule has 0 saturated heterocycles. The minimum Gasteiger partial charge on any atom is -0.329 e. The summed E-state index contributed by atoms with van der Waals surface area (Å²) in [6.45, 7) is 6.95. The molecule has 0 bridgehead atoms. The van der Waals surface area contributed by atoms with Gasteiger partial charge in [-0.3, -0.25) is 4.90 Å². The van der Waals surface area contributed by atoms with Crippen molar-refractivity contribution in [3.8, 4) is 0 Å². The van der Waals surface area contributed by atoms with E-state index >= 15 is 0 Å². The Hall–Kier alpha value is 0.01000. The van der Waals surface area contributed by atoms with Crippen molar-refractivity contribution in [2.45, 2.75) is 19.9 Å². The molecular weight excluding hydrogens is 279 g/mol. The van der Waals surface area contributed by atoms with E-state index in [4.69, 9.17) is 17.3 Å². The molecular formula is C12H21Cl3N2. The zero-order valence-corrected chi connectivity index (χ0v) is 12.6. The second-order valence-corrected chi connectivity index (χ2v) is 4.08. The van der Waals surface area contributed by atoms with Gasteiger partial charge in [0.05, 0.1) is 0 Å². The zero-order chi connectivity index (χ0) is 11.3. The van der Waals surface area contributed by atoms with Crippen molar-refractivity contribution >= 4 is 36.4 Å². The van der Waals surface area contributed by atoms with Crippen LogP contribution in [0.15, 0.2) is 24.3 Å². The van der Waals surface area contributed by atoms with Crippen LogP contribution in [0.25, 0.3) is 0 Å². The second kappa shape index (κ2) is 9.98. The van der Waals surface area contributed by atoms with Crippen molar-refractivity contribution in [1.82, 2.24) is 4.90 Å². The van der Waals surface area contributed by atoms with Gasteiger partial charge in [-0.2, -0.15) is 0 Å². The monoisotopic (exact) mass is 298 g/mol. The quantitative estimate of drug-likeness (QED) is 0.901. The van der Waals surface area contributed by atoms with Gasteiger partial charge in [-0.25, -0.2) is 0 Å². The molecule has 0 fully saturated rings. The summed E-state index contributed by atoms with van der Waals surface area (Å²) in [4.78, 5) is 2.34. The van der Waals surface area contributed by atoms with Gasteiger partial charge in [-0.05, 0) is 31.2 Å². The third-order valence-electron chi connectivity index (χ3n) is 2.70. The highest BCUT2D eigenvalue weighted by Gasteiger charge is 2.12. The molecule has 0 aliphatic carbocycles. The molecule has 0 unspecified atom stereocenters. The van der Waals surface area contributed by atoms with Gasteiger partial charge in [0.2, 0.25) is 0 Å². The molecule has 2 N–H and O–H groups in total. The summed E-state index contributed by atoms with van der Waals surface area (Å²) in [6.07, 6.45) is 0. The average Bonchev–Trinajstić information content (AvgIpc) is 2.25. The van der Waals surface area contributed by atoms with E-state index in [-0.39, 0.29) is 24.8 Å². The molecule has 100 valence electrons. The van der Waals surface area contributed by atoms with Crippen molar-refractivity contribution in [2.75, 3.05) is 19.6 Å². The summed E-state index contributed by atoms with van der Waals surface area (Å²) in [7, 11) is 0. The van der Waals surface area contributed by atoms with Crippen LogP contribution in [-0.4, -0.2) is 24.5 Å². The first-order chi connectivity index (χ1) is 7.19. The fraction of sp³-hybridized carbons (Fsp3) is 0.500. The topological polar surface area (TPSA) is 29.3 Å². The lowest BCUT2D eigenvalue weighted by atomic mass is 10.1. The number of halogens is 3. The molecule has 2 nitrogen and oxygen atoms in total. The largest absolute Gasteiger partial charge is 0.329 e. The number of rotatable bonds is 5. The van der Waals surface area contributed by atoms with Gasteiger partial charge in [-0.15, -0.1) is 24.8 Å². The first-order valence-electron chi connectivity index (χ1n) is 5.38.